The van der Waals surface area contributed by atoms with E-state index < -0.39 is 12.1 Å². The Kier molecular flexibility index (Phi) is 3.95. The third-order valence-corrected chi connectivity index (χ3v) is 5.37. The highest BCUT2D eigenvalue weighted by atomic mass is 16.5. The Morgan fingerprint density at radius 3 is 2.52 bits per heavy atom. The Labute approximate surface area is 146 Å². The number of amides is 4. The van der Waals surface area contributed by atoms with Gasteiger partial charge in [0, 0.05) is 33.2 Å². The highest BCUT2D eigenvalue weighted by Gasteiger charge is 2.55. The number of ether oxygens (including phenoxy) is 1. The summed E-state index contributed by atoms with van der Waals surface area (Å²) in [5.41, 5.74) is 1.04. The molecule has 0 saturated carbocycles. The van der Waals surface area contributed by atoms with Crippen molar-refractivity contribution in [3.8, 4) is 0 Å². The maximum atomic E-state index is 12.8. The molecule has 25 heavy (non-hydrogen) atoms. The summed E-state index contributed by atoms with van der Waals surface area (Å²) < 4.78 is 5.27. The second kappa shape index (κ2) is 6.15. The predicted molar refractivity (Wildman–Crippen MR) is 88.4 cm³/mol. The van der Waals surface area contributed by atoms with Gasteiger partial charge in [-0.05, 0) is 12.0 Å². The molecular formula is C18H21N3O4. The monoisotopic (exact) mass is 343 g/mol. The average molecular weight is 343 g/mol. The van der Waals surface area contributed by atoms with Crippen LogP contribution in [0, 0.1) is 0 Å². The number of carbonyl (C=O) groups excluding carboxylic acids is 3. The van der Waals surface area contributed by atoms with Crippen LogP contribution in [0.15, 0.2) is 30.3 Å². The van der Waals surface area contributed by atoms with Crippen LogP contribution in [-0.4, -0.2) is 70.9 Å². The summed E-state index contributed by atoms with van der Waals surface area (Å²) in [7, 11) is 1.58. The summed E-state index contributed by atoms with van der Waals surface area (Å²) in [6, 6.07) is 8.23. The zero-order chi connectivity index (χ0) is 17.6. The van der Waals surface area contributed by atoms with Gasteiger partial charge in [0.1, 0.15) is 12.1 Å². The van der Waals surface area contributed by atoms with Crippen LogP contribution in [0.2, 0.25) is 0 Å². The molecule has 7 heteroatoms. The van der Waals surface area contributed by atoms with Gasteiger partial charge in [-0.25, -0.2) is 9.69 Å². The molecule has 0 bridgehead atoms. The first-order valence-electron chi connectivity index (χ1n) is 8.59. The SMILES string of the molecule is CO[C@@H]1C[C@@H]2C(=O)N([C@H]3CCN(Cc4ccccc4)C3=O)C(=O)N2C1. The molecule has 4 amide bonds. The van der Waals surface area contributed by atoms with E-state index in [4.69, 9.17) is 4.74 Å². The Bertz CT molecular complexity index is 684. The maximum absolute atomic E-state index is 12.8. The zero-order valence-corrected chi connectivity index (χ0v) is 14.1. The van der Waals surface area contributed by atoms with Crippen LogP contribution < -0.4 is 0 Å². The molecule has 3 aliphatic rings. The van der Waals surface area contributed by atoms with E-state index in [9.17, 15) is 14.4 Å². The average Bonchev–Trinajstić information content (AvgIpc) is 3.26. The minimum absolute atomic E-state index is 0.103. The van der Waals surface area contributed by atoms with Crippen molar-refractivity contribution in [3.05, 3.63) is 35.9 Å². The third-order valence-electron chi connectivity index (χ3n) is 5.37. The van der Waals surface area contributed by atoms with Crippen molar-refractivity contribution in [2.45, 2.75) is 37.6 Å². The normalized spacial score (nSPS) is 29.1. The van der Waals surface area contributed by atoms with E-state index in [2.05, 4.69) is 0 Å². The highest BCUT2D eigenvalue weighted by molar-refractivity contribution is 6.08. The maximum Gasteiger partial charge on any atom is 0.328 e. The molecule has 132 valence electrons. The molecule has 7 nitrogen and oxygen atoms in total. The van der Waals surface area contributed by atoms with Gasteiger partial charge in [-0.2, -0.15) is 0 Å². The molecule has 0 unspecified atom stereocenters. The van der Waals surface area contributed by atoms with Gasteiger partial charge in [0.2, 0.25) is 5.91 Å². The van der Waals surface area contributed by atoms with Crippen molar-refractivity contribution in [2.75, 3.05) is 20.2 Å². The van der Waals surface area contributed by atoms with Gasteiger partial charge in [-0.3, -0.25) is 9.59 Å². The van der Waals surface area contributed by atoms with Crippen LogP contribution in [0.3, 0.4) is 0 Å². The fourth-order valence-corrected chi connectivity index (χ4v) is 4.02. The topological polar surface area (TPSA) is 70.2 Å². The molecule has 3 heterocycles. The largest absolute Gasteiger partial charge is 0.380 e. The van der Waals surface area contributed by atoms with Gasteiger partial charge < -0.3 is 14.5 Å². The Balaban J connectivity index is 1.47. The minimum Gasteiger partial charge on any atom is -0.380 e. The molecule has 1 aromatic carbocycles. The van der Waals surface area contributed by atoms with E-state index >= 15 is 0 Å². The van der Waals surface area contributed by atoms with Crippen molar-refractivity contribution < 1.29 is 19.1 Å². The summed E-state index contributed by atoms with van der Waals surface area (Å²) in [5, 5.41) is 0. The molecule has 0 aliphatic carbocycles. The number of hydrogen-bond acceptors (Lipinski definition) is 4. The molecule has 1 aromatic rings. The number of methoxy groups -OCH3 is 1. The van der Waals surface area contributed by atoms with Crippen LogP contribution in [0.4, 0.5) is 4.79 Å². The van der Waals surface area contributed by atoms with Crippen LogP contribution in [-0.2, 0) is 20.9 Å². The summed E-state index contributed by atoms with van der Waals surface area (Å²) in [4.78, 5) is 42.6. The van der Waals surface area contributed by atoms with E-state index in [0.29, 0.717) is 32.5 Å². The van der Waals surface area contributed by atoms with Gasteiger partial charge in [-0.1, -0.05) is 30.3 Å². The fourth-order valence-electron chi connectivity index (χ4n) is 4.02. The molecule has 3 aliphatic heterocycles. The van der Waals surface area contributed by atoms with E-state index in [1.54, 1.807) is 16.9 Å². The summed E-state index contributed by atoms with van der Waals surface area (Å²) in [6.07, 6.45) is 0.901. The predicted octanol–water partition coefficient (Wildman–Crippen LogP) is 0.839. The highest BCUT2D eigenvalue weighted by Crippen LogP contribution is 2.32. The standard InChI is InChI=1S/C18H21N3O4/c1-25-13-9-15-17(23)21(18(24)20(15)11-13)14-7-8-19(16(14)22)10-12-5-3-2-4-6-12/h2-6,13-15H,7-11H2,1H3/t13-,14+,15-/m1/s1. The molecule has 3 saturated heterocycles. The summed E-state index contributed by atoms with van der Waals surface area (Å²) >= 11 is 0. The minimum atomic E-state index is -0.671. The number of imide groups is 1. The number of hydrogen-bond donors (Lipinski definition) is 0. The summed E-state index contributed by atoms with van der Waals surface area (Å²) in [5.74, 6) is -0.403. The molecule has 0 radical (unpaired) electrons. The summed E-state index contributed by atoms with van der Waals surface area (Å²) in [6.45, 7) is 1.48. The van der Waals surface area contributed by atoms with Crippen molar-refractivity contribution in [1.82, 2.24) is 14.7 Å². The number of urea groups is 1. The van der Waals surface area contributed by atoms with E-state index in [0.717, 1.165) is 5.56 Å². The Morgan fingerprint density at radius 2 is 1.84 bits per heavy atom. The lowest BCUT2D eigenvalue weighted by Gasteiger charge is -2.23. The van der Waals surface area contributed by atoms with E-state index in [1.807, 2.05) is 30.3 Å². The van der Waals surface area contributed by atoms with Crippen molar-refractivity contribution in [1.29, 1.82) is 0 Å². The van der Waals surface area contributed by atoms with Gasteiger partial charge in [0.25, 0.3) is 5.91 Å². The van der Waals surface area contributed by atoms with Crippen molar-refractivity contribution in [3.63, 3.8) is 0 Å². The molecule has 3 fully saturated rings. The van der Waals surface area contributed by atoms with Gasteiger partial charge in [0.05, 0.1) is 6.10 Å². The van der Waals surface area contributed by atoms with Gasteiger partial charge in [-0.15, -0.1) is 0 Å². The first kappa shape index (κ1) is 16.1. The molecule has 0 N–H and O–H groups in total. The third kappa shape index (κ3) is 2.59. The fraction of sp³-hybridized carbons (Fsp3) is 0.500. The molecule has 0 aromatic heterocycles. The zero-order valence-electron chi connectivity index (χ0n) is 14.1. The second-order valence-corrected chi connectivity index (χ2v) is 6.80. The second-order valence-electron chi connectivity index (χ2n) is 6.80. The number of nitrogens with zero attached hydrogens (tertiary/aromatic N) is 3. The van der Waals surface area contributed by atoms with Gasteiger partial charge >= 0.3 is 6.03 Å². The first-order valence-corrected chi connectivity index (χ1v) is 8.59. The van der Waals surface area contributed by atoms with Crippen LogP contribution in [0.25, 0.3) is 0 Å². The Hall–Kier alpha value is -2.41. The first-order chi connectivity index (χ1) is 12.1. The number of likely N-dealkylation sites (tertiary alicyclic amines) is 1. The number of benzene rings is 1. The lowest BCUT2D eigenvalue weighted by Crippen LogP contribution is -2.46. The molecular weight excluding hydrogens is 322 g/mol. The number of fused-ring (bicyclic) bond motifs is 1. The smallest absolute Gasteiger partial charge is 0.328 e. The van der Waals surface area contributed by atoms with Crippen LogP contribution >= 0.6 is 0 Å². The quantitative estimate of drug-likeness (QED) is 0.760. The molecule has 4 rings (SSSR count). The lowest BCUT2D eigenvalue weighted by molar-refractivity contribution is -0.138. The molecule has 3 atom stereocenters. The molecule has 0 spiro atoms. The number of carbonyl (C=O) groups is 3. The van der Waals surface area contributed by atoms with Gasteiger partial charge in [0.15, 0.2) is 0 Å². The van der Waals surface area contributed by atoms with Crippen molar-refractivity contribution >= 4 is 17.8 Å². The lowest BCUT2D eigenvalue weighted by atomic mass is 10.1. The van der Waals surface area contributed by atoms with Crippen LogP contribution in [0.1, 0.15) is 18.4 Å². The Morgan fingerprint density at radius 1 is 1.08 bits per heavy atom. The van der Waals surface area contributed by atoms with E-state index in [-0.39, 0.29) is 23.9 Å². The number of rotatable bonds is 4. The van der Waals surface area contributed by atoms with E-state index in [1.165, 1.54) is 4.90 Å². The van der Waals surface area contributed by atoms with Crippen molar-refractivity contribution in [2.24, 2.45) is 0 Å². The van der Waals surface area contributed by atoms with Crippen LogP contribution in [0.5, 0.6) is 0 Å².